The molecule has 0 unspecified atom stereocenters. The van der Waals surface area contributed by atoms with Crippen LogP contribution in [0.25, 0.3) is 0 Å². The van der Waals surface area contributed by atoms with Gasteiger partial charge in [0, 0.05) is 37.4 Å². The lowest BCUT2D eigenvalue weighted by Crippen LogP contribution is -2.45. The molecule has 0 heterocycles. The smallest absolute Gasteiger partial charge is 0.294 e. The van der Waals surface area contributed by atoms with E-state index in [0.717, 1.165) is 57.8 Å². The first-order chi connectivity index (χ1) is 30.6. The maximum Gasteiger partial charge on any atom is 0.294 e. The number of quaternary nitrogens is 2. The molecule has 0 aromatic heterocycles. The number of nitro benzene ring substituents is 2. The molecule has 4 rings (SSSR count). The van der Waals surface area contributed by atoms with Gasteiger partial charge in [-0.2, -0.15) is 16.8 Å². The highest BCUT2D eigenvalue weighted by Crippen LogP contribution is 2.29. The van der Waals surface area contributed by atoms with Gasteiger partial charge in [0.2, 0.25) is 11.8 Å². The van der Waals surface area contributed by atoms with E-state index in [4.69, 9.17) is 9.11 Å². The number of anilines is 4. The number of aryl methyl sites for hydroxylation is 2. The molecule has 2 amide bonds. The molecule has 0 aliphatic heterocycles. The highest BCUT2D eigenvalue weighted by atomic mass is 33.1. The number of nitro groups is 2. The second-order valence-corrected chi connectivity index (χ2v) is 21.7. The first-order valence-corrected chi connectivity index (χ1v) is 25.5. The van der Waals surface area contributed by atoms with Crippen molar-refractivity contribution in [1.82, 2.24) is 0 Å². The zero-order chi connectivity index (χ0) is 49.9. The monoisotopic (exact) mass is 996 g/mol. The number of carbonyl (C=O) groups excluding carboxylic acids is 2. The number of nitrogens with one attached hydrogen (secondary N) is 4. The van der Waals surface area contributed by atoms with E-state index in [1.165, 1.54) is 50.2 Å². The SMILES string of the molecule is CC(=O)Nc1ccc(NCC[N+](C)(C)CCSSCC[N+](C)(C)CCNc2ccc(NC(C)=O)cc2[N+](=O)[O-])c([N+](=O)[O-])c1.Cc1ccc(S(=O)(=O)O)cc1.Cc1ccc(S(=O)(=O)O)cc1. The highest BCUT2D eigenvalue weighted by molar-refractivity contribution is 8.76. The summed E-state index contributed by atoms with van der Waals surface area (Å²) in [5.41, 5.74) is 3.36. The molecule has 24 heteroatoms. The summed E-state index contributed by atoms with van der Waals surface area (Å²) in [6.07, 6.45) is 0. The number of carbonyl (C=O) groups is 2. The van der Waals surface area contributed by atoms with Crippen molar-refractivity contribution in [2.24, 2.45) is 0 Å². The minimum atomic E-state index is -4.02. The number of hydrogen-bond acceptors (Lipinski definition) is 14. The van der Waals surface area contributed by atoms with E-state index in [1.807, 2.05) is 35.4 Å². The highest BCUT2D eigenvalue weighted by Gasteiger charge is 2.21. The molecule has 0 spiro atoms. The number of amides is 2. The normalized spacial score (nSPS) is 11.5. The largest absolute Gasteiger partial charge is 0.374 e. The van der Waals surface area contributed by atoms with Gasteiger partial charge in [0.1, 0.15) is 11.4 Å². The Morgan fingerprint density at radius 2 is 0.894 bits per heavy atom. The number of likely N-dealkylation sites (N-methyl/N-ethyl adjacent to an activating group) is 2. The van der Waals surface area contributed by atoms with Crippen LogP contribution < -0.4 is 21.3 Å². The van der Waals surface area contributed by atoms with Crippen molar-refractivity contribution in [3.05, 3.63) is 116 Å². The fourth-order valence-electron chi connectivity index (χ4n) is 5.54. The number of nitrogens with zero attached hydrogens (tertiary/aromatic N) is 4. The van der Waals surface area contributed by atoms with Crippen molar-refractivity contribution < 1.29 is 54.3 Å². The Morgan fingerprint density at radius 3 is 1.17 bits per heavy atom. The van der Waals surface area contributed by atoms with Crippen LogP contribution >= 0.6 is 21.6 Å². The molecule has 0 saturated carbocycles. The van der Waals surface area contributed by atoms with Gasteiger partial charge in [-0.3, -0.25) is 38.9 Å². The summed E-state index contributed by atoms with van der Waals surface area (Å²) in [6.45, 7) is 10.9. The number of benzene rings is 4. The minimum Gasteiger partial charge on any atom is -0.374 e. The van der Waals surface area contributed by atoms with Gasteiger partial charge in [0.15, 0.2) is 0 Å². The van der Waals surface area contributed by atoms with Crippen molar-refractivity contribution in [3.8, 4) is 0 Å². The quantitative estimate of drug-likeness (QED) is 0.0123. The zero-order valence-corrected chi connectivity index (χ0v) is 41.4. The molecular weight excluding hydrogens is 937 g/mol. The molecule has 0 bridgehead atoms. The summed E-state index contributed by atoms with van der Waals surface area (Å²) >= 11 is 0. The van der Waals surface area contributed by atoms with E-state index in [9.17, 15) is 46.7 Å². The van der Waals surface area contributed by atoms with Crippen molar-refractivity contribution in [2.75, 3.05) is 100 Å². The van der Waals surface area contributed by atoms with Crippen LogP contribution in [0.5, 0.6) is 0 Å². The Morgan fingerprint density at radius 1 is 0.576 bits per heavy atom. The van der Waals surface area contributed by atoms with E-state index in [-0.39, 0.29) is 33.0 Å². The molecule has 0 radical (unpaired) electrons. The van der Waals surface area contributed by atoms with Gasteiger partial charge in [0.25, 0.3) is 31.6 Å². The lowest BCUT2D eigenvalue weighted by Gasteiger charge is -2.30. The molecule has 4 aromatic carbocycles. The summed E-state index contributed by atoms with van der Waals surface area (Å²) in [6, 6.07) is 21.2. The first-order valence-electron chi connectivity index (χ1n) is 20.1. The number of hydrogen-bond donors (Lipinski definition) is 6. The fraction of sp³-hybridized carbons (Fsp3) is 0.381. The summed E-state index contributed by atoms with van der Waals surface area (Å²) in [4.78, 5) is 44.5. The van der Waals surface area contributed by atoms with Crippen molar-refractivity contribution in [2.45, 2.75) is 37.5 Å². The van der Waals surface area contributed by atoms with Gasteiger partial charge < -0.3 is 30.2 Å². The van der Waals surface area contributed by atoms with E-state index >= 15 is 0 Å². The average molecular weight is 997 g/mol. The molecule has 0 saturated heterocycles. The van der Waals surface area contributed by atoms with Crippen LogP contribution in [0.4, 0.5) is 34.1 Å². The van der Waals surface area contributed by atoms with Crippen LogP contribution in [0.2, 0.25) is 0 Å². The van der Waals surface area contributed by atoms with Gasteiger partial charge in [-0.25, -0.2) is 0 Å². The molecule has 0 fully saturated rings. The van der Waals surface area contributed by atoms with Crippen molar-refractivity contribution in [3.63, 3.8) is 0 Å². The van der Waals surface area contributed by atoms with Crippen molar-refractivity contribution >= 4 is 87.8 Å². The Labute approximate surface area is 394 Å². The first kappa shape index (κ1) is 56.8. The predicted octanol–water partition coefficient (Wildman–Crippen LogP) is 6.96. The van der Waals surface area contributed by atoms with Crippen LogP contribution in [-0.2, 0) is 29.8 Å². The van der Waals surface area contributed by atoms with Crippen LogP contribution in [0, 0.1) is 34.1 Å². The summed E-state index contributed by atoms with van der Waals surface area (Å²) in [7, 11) is 4.13. The standard InChI is InChI=1S/C28H42N8O6S2.2C7H8O3S/c1-21(37)31-23-7-9-25(27(19-23)33(39)40)29-11-13-35(3,4)15-17-43-44-18-16-36(5,6)14-12-30-26-10-8-24(32-22(2)38)20-28(26)34(41)42;2*1-6-2-4-7(5-3-6)11(8,9)10/h7-10,19-20,29-30H,11-18H2,1-6H3;2*2-5H,1H3,(H,8,9,10)/p+2. The minimum absolute atomic E-state index is 0.0666. The van der Waals surface area contributed by atoms with E-state index in [2.05, 4.69) is 49.5 Å². The van der Waals surface area contributed by atoms with Gasteiger partial charge in [-0.05, 0) is 62.4 Å². The second kappa shape index (κ2) is 26.1. The zero-order valence-electron chi connectivity index (χ0n) is 38.1. The Bertz CT molecular complexity index is 2320. The van der Waals surface area contributed by atoms with Crippen LogP contribution in [-0.4, -0.2) is 136 Å². The van der Waals surface area contributed by atoms with Crippen molar-refractivity contribution in [1.29, 1.82) is 0 Å². The van der Waals surface area contributed by atoms with Crippen LogP contribution in [0.1, 0.15) is 25.0 Å². The maximum atomic E-state index is 11.5. The molecule has 362 valence electrons. The van der Waals surface area contributed by atoms with Gasteiger partial charge in [0.05, 0.1) is 98.6 Å². The van der Waals surface area contributed by atoms with E-state index < -0.39 is 30.1 Å². The Hall–Kier alpha value is -5.34. The molecule has 0 atom stereocenters. The molecule has 20 nitrogen and oxygen atoms in total. The molecule has 0 aliphatic carbocycles. The maximum absolute atomic E-state index is 11.5. The van der Waals surface area contributed by atoms with Gasteiger partial charge in [-0.15, -0.1) is 0 Å². The summed E-state index contributed by atoms with van der Waals surface area (Å²) < 4.78 is 60.6. The van der Waals surface area contributed by atoms with E-state index in [1.54, 1.807) is 48.5 Å². The molecule has 6 N–H and O–H groups in total. The number of rotatable bonds is 21. The molecule has 0 aliphatic rings. The fourth-order valence-corrected chi connectivity index (χ4v) is 9.03. The summed E-state index contributed by atoms with van der Waals surface area (Å²) in [5, 5.41) is 34.5. The third kappa shape index (κ3) is 22.2. The van der Waals surface area contributed by atoms with Gasteiger partial charge in [-0.1, -0.05) is 57.0 Å². The molecular formula is C42H60N8O12S4+2. The third-order valence-corrected chi connectivity index (χ3v) is 13.5. The summed E-state index contributed by atoms with van der Waals surface area (Å²) in [5.74, 6) is 1.34. The van der Waals surface area contributed by atoms with E-state index in [0.29, 0.717) is 35.8 Å². The lowest BCUT2D eigenvalue weighted by atomic mass is 10.2. The Balaban J connectivity index is 0.000000546. The molecule has 4 aromatic rings. The third-order valence-electron chi connectivity index (χ3n) is 9.38. The molecule has 66 heavy (non-hydrogen) atoms. The predicted molar refractivity (Wildman–Crippen MR) is 262 cm³/mol. The average Bonchev–Trinajstić information content (AvgIpc) is 3.19. The van der Waals surface area contributed by atoms with Crippen LogP contribution in [0.15, 0.2) is 94.7 Å². The Kier molecular flexibility index (Phi) is 22.5. The lowest BCUT2D eigenvalue weighted by molar-refractivity contribution is -0.886. The van der Waals surface area contributed by atoms with Gasteiger partial charge >= 0.3 is 0 Å². The second-order valence-electron chi connectivity index (χ2n) is 16.2. The van der Waals surface area contributed by atoms with Crippen LogP contribution in [0.3, 0.4) is 0 Å². The topological polar surface area (TPSA) is 277 Å².